The molecule has 0 heterocycles. The van der Waals surface area contributed by atoms with Crippen molar-refractivity contribution in [3.05, 3.63) is 59.7 Å². The maximum absolute atomic E-state index is 5.81. The normalized spacial score (nSPS) is 14.0. The van der Waals surface area contributed by atoms with Crippen molar-refractivity contribution in [3.63, 3.8) is 0 Å². The van der Waals surface area contributed by atoms with E-state index in [1.54, 1.807) is 7.11 Å². The largest absolute Gasteiger partial charge is 0.497 e. The van der Waals surface area contributed by atoms with Crippen LogP contribution in [-0.4, -0.2) is 13.2 Å². The average molecular weight is 283 g/mol. The second-order valence-electron chi connectivity index (χ2n) is 5.44. The van der Waals surface area contributed by atoms with Crippen molar-refractivity contribution in [2.24, 2.45) is 0 Å². The molecule has 2 aromatic carbocycles. The van der Waals surface area contributed by atoms with E-state index in [0.717, 1.165) is 24.1 Å². The monoisotopic (exact) mass is 283 g/mol. The number of benzene rings is 2. The van der Waals surface area contributed by atoms with Gasteiger partial charge in [0.2, 0.25) is 0 Å². The van der Waals surface area contributed by atoms with Crippen LogP contribution in [0.25, 0.3) is 0 Å². The van der Waals surface area contributed by atoms with Gasteiger partial charge in [0.15, 0.2) is 0 Å². The Morgan fingerprint density at radius 1 is 1.00 bits per heavy atom. The maximum atomic E-state index is 5.81. The second-order valence-corrected chi connectivity index (χ2v) is 5.44. The van der Waals surface area contributed by atoms with Gasteiger partial charge in [0.05, 0.1) is 7.11 Å². The molecular formula is C18H21NO2. The van der Waals surface area contributed by atoms with Crippen LogP contribution in [0.3, 0.4) is 0 Å². The third-order valence-corrected chi connectivity index (χ3v) is 3.63. The summed E-state index contributed by atoms with van der Waals surface area (Å²) in [4.78, 5) is 0. The Kier molecular flexibility index (Phi) is 4.41. The van der Waals surface area contributed by atoms with Crippen LogP contribution in [0.2, 0.25) is 0 Å². The summed E-state index contributed by atoms with van der Waals surface area (Å²) < 4.78 is 10.9. The first-order valence-electron chi connectivity index (χ1n) is 7.41. The molecule has 0 bridgehead atoms. The molecule has 1 N–H and O–H groups in total. The van der Waals surface area contributed by atoms with Gasteiger partial charge in [-0.25, -0.2) is 0 Å². The smallest absolute Gasteiger partial charge is 0.120 e. The molecule has 1 aliphatic carbocycles. The highest BCUT2D eigenvalue weighted by Gasteiger charge is 2.19. The van der Waals surface area contributed by atoms with E-state index < -0.39 is 0 Å². The number of rotatable bonds is 7. The van der Waals surface area contributed by atoms with Crippen molar-refractivity contribution >= 4 is 0 Å². The molecule has 0 saturated heterocycles. The van der Waals surface area contributed by atoms with Crippen LogP contribution in [-0.2, 0) is 13.2 Å². The molecule has 0 aliphatic heterocycles. The zero-order valence-electron chi connectivity index (χ0n) is 12.3. The molecule has 3 nitrogen and oxygen atoms in total. The van der Waals surface area contributed by atoms with Gasteiger partial charge in [0.1, 0.15) is 18.1 Å². The number of hydrogen-bond donors (Lipinski definition) is 1. The van der Waals surface area contributed by atoms with Crippen molar-refractivity contribution < 1.29 is 9.47 Å². The third kappa shape index (κ3) is 4.23. The zero-order valence-corrected chi connectivity index (χ0v) is 12.3. The quantitative estimate of drug-likeness (QED) is 0.843. The lowest BCUT2D eigenvalue weighted by Gasteiger charge is -2.09. The van der Waals surface area contributed by atoms with E-state index >= 15 is 0 Å². The number of ether oxygens (including phenoxy) is 2. The predicted octanol–water partition coefficient (Wildman–Crippen LogP) is 3.53. The summed E-state index contributed by atoms with van der Waals surface area (Å²) in [5, 5.41) is 3.53. The Bertz CT molecular complexity index is 576. The molecule has 0 aromatic heterocycles. The van der Waals surface area contributed by atoms with Gasteiger partial charge in [-0.3, -0.25) is 0 Å². The Hall–Kier alpha value is -2.00. The van der Waals surface area contributed by atoms with Crippen LogP contribution in [0.5, 0.6) is 11.5 Å². The molecule has 3 heteroatoms. The average Bonchev–Trinajstić information content (AvgIpc) is 3.36. The Morgan fingerprint density at radius 3 is 2.43 bits per heavy atom. The zero-order chi connectivity index (χ0) is 14.5. The molecule has 1 aliphatic rings. The van der Waals surface area contributed by atoms with Gasteiger partial charge in [-0.1, -0.05) is 24.3 Å². The summed E-state index contributed by atoms with van der Waals surface area (Å²) in [7, 11) is 1.66. The molecule has 0 radical (unpaired) electrons. The van der Waals surface area contributed by atoms with Gasteiger partial charge in [0, 0.05) is 12.6 Å². The van der Waals surface area contributed by atoms with E-state index in [1.807, 2.05) is 24.3 Å². The summed E-state index contributed by atoms with van der Waals surface area (Å²) >= 11 is 0. The Balaban J connectivity index is 1.54. The first-order chi connectivity index (χ1) is 10.3. The fraction of sp³-hybridized carbons (Fsp3) is 0.333. The standard InChI is InChI=1S/C18H21NO2/c1-20-17-7-9-18(10-8-17)21-13-15-4-2-3-14(11-15)12-19-16-5-6-16/h2-4,7-11,16,19H,5-6,12-13H2,1H3. The highest BCUT2D eigenvalue weighted by Crippen LogP contribution is 2.20. The molecule has 21 heavy (non-hydrogen) atoms. The molecule has 0 spiro atoms. The van der Waals surface area contributed by atoms with Crippen LogP contribution in [0.15, 0.2) is 48.5 Å². The minimum Gasteiger partial charge on any atom is -0.497 e. The van der Waals surface area contributed by atoms with E-state index in [-0.39, 0.29) is 0 Å². The van der Waals surface area contributed by atoms with E-state index in [2.05, 4.69) is 29.6 Å². The fourth-order valence-electron chi connectivity index (χ4n) is 2.22. The summed E-state index contributed by atoms with van der Waals surface area (Å²) in [5.74, 6) is 1.70. The van der Waals surface area contributed by atoms with Gasteiger partial charge in [-0.15, -0.1) is 0 Å². The van der Waals surface area contributed by atoms with Crippen LogP contribution in [0.1, 0.15) is 24.0 Å². The number of nitrogens with one attached hydrogen (secondary N) is 1. The van der Waals surface area contributed by atoms with E-state index in [9.17, 15) is 0 Å². The van der Waals surface area contributed by atoms with Gasteiger partial charge < -0.3 is 14.8 Å². The lowest BCUT2D eigenvalue weighted by Crippen LogP contribution is -2.15. The minimum atomic E-state index is 0.587. The molecule has 2 aromatic rings. The van der Waals surface area contributed by atoms with Crippen LogP contribution in [0.4, 0.5) is 0 Å². The van der Waals surface area contributed by atoms with Gasteiger partial charge in [0.25, 0.3) is 0 Å². The number of hydrogen-bond acceptors (Lipinski definition) is 3. The summed E-state index contributed by atoms with van der Waals surface area (Å²) in [6, 6.07) is 17.0. The predicted molar refractivity (Wildman–Crippen MR) is 83.6 cm³/mol. The van der Waals surface area contributed by atoms with E-state index in [1.165, 1.54) is 24.0 Å². The molecule has 1 saturated carbocycles. The van der Waals surface area contributed by atoms with Crippen LogP contribution in [0, 0.1) is 0 Å². The molecule has 0 unspecified atom stereocenters. The summed E-state index contributed by atoms with van der Waals surface area (Å²) in [5.41, 5.74) is 2.51. The molecule has 110 valence electrons. The highest BCUT2D eigenvalue weighted by atomic mass is 16.5. The van der Waals surface area contributed by atoms with E-state index in [4.69, 9.17) is 9.47 Å². The first kappa shape index (κ1) is 14.0. The van der Waals surface area contributed by atoms with Gasteiger partial charge in [-0.05, 0) is 48.2 Å². The van der Waals surface area contributed by atoms with Crippen LogP contribution >= 0.6 is 0 Å². The highest BCUT2D eigenvalue weighted by molar-refractivity contribution is 5.31. The van der Waals surface area contributed by atoms with Crippen molar-refractivity contribution in [1.82, 2.24) is 5.32 Å². The van der Waals surface area contributed by atoms with Gasteiger partial charge in [-0.2, -0.15) is 0 Å². The Labute approximate surface area is 125 Å². The van der Waals surface area contributed by atoms with Crippen molar-refractivity contribution in [1.29, 1.82) is 0 Å². The minimum absolute atomic E-state index is 0.587. The molecule has 3 rings (SSSR count). The second kappa shape index (κ2) is 6.64. The Morgan fingerprint density at radius 2 is 1.71 bits per heavy atom. The summed E-state index contributed by atoms with van der Waals surface area (Å²) in [6.45, 7) is 1.53. The lowest BCUT2D eigenvalue weighted by molar-refractivity contribution is 0.305. The lowest BCUT2D eigenvalue weighted by atomic mass is 10.1. The van der Waals surface area contributed by atoms with Gasteiger partial charge >= 0.3 is 0 Å². The summed E-state index contributed by atoms with van der Waals surface area (Å²) in [6.07, 6.45) is 2.64. The fourth-order valence-corrected chi connectivity index (χ4v) is 2.22. The number of methoxy groups -OCH3 is 1. The molecule has 0 amide bonds. The van der Waals surface area contributed by atoms with E-state index in [0.29, 0.717) is 6.61 Å². The van der Waals surface area contributed by atoms with Crippen LogP contribution < -0.4 is 14.8 Å². The topological polar surface area (TPSA) is 30.5 Å². The third-order valence-electron chi connectivity index (χ3n) is 3.63. The van der Waals surface area contributed by atoms with Crippen molar-refractivity contribution in [3.8, 4) is 11.5 Å². The maximum Gasteiger partial charge on any atom is 0.120 e. The molecular weight excluding hydrogens is 262 g/mol. The molecule has 1 fully saturated rings. The van der Waals surface area contributed by atoms with Crippen molar-refractivity contribution in [2.75, 3.05) is 7.11 Å². The SMILES string of the molecule is COc1ccc(OCc2cccc(CNC3CC3)c2)cc1. The molecule has 0 atom stereocenters. The first-order valence-corrected chi connectivity index (χ1v) is 7.41. The van der Waals surface area contributed by atoms with Crippen molar-refractivity contribution in [2.45, 2.75) is 32.0 Å².